The Hall–Kier alpha value is -3.45. The maximum Gasteiger partial charge on any atom is 0.490 e. The second-order valence-electron chi connectivity index (χ2n) is 9.89. The van der Waals surface area contributed by atoms with Crippen molar-refractivity contribution in [3.05, 3.63) is 70.8 Å². The zero-order chi connectivity index (χ0) is 31.3. The molecule has 0 aromatic heterocycles. The average molecular weight is 605 g/mol. The molecule has 0 aliphatic carbocycles. The number of carboxylic acid groups (broad SMARTS) is 2. The van der Waals surface area contributed by atoms with Crippen molar-refractivity contribution >= 4 is 17.7 Å². The van der Waals surface area contributed by atoms with Crippen LogP contribution in [0.15, 0.2) is 48.5 Å². The molecule has 0 bridgehead atoms. The second kappa shape index (κ2) is 16.3. The van der Waals surface area contributed by atoms with Crippen molar-refractivity contribution in [1.29, 1.82) is 0 Å². The molecule has 0 atom stereocenters. The number of Topliss-reactive ketones (excluding diaryl/α,β-unsaturated/α-hetero) is 1. The minimum Gasteiger partial charge on any atom is -0.475 e. The molecule has 2 heterocycles. The highest BCUT2D eigenvalue weighted by Crippen LogP contribution is 2.28. The number of hydrogen-bond acceptors (Lipinski definition) is 5. The number of likely N-dealkylation sites (tertiary alicyclic amines) is 1. The Balaban J connectivity index is 0.000000367. The van der Waals surface area contributed by atoms with Gasteiger partial charge in [0.15, 0.2) is 5.78 Å². The van der Waals surface area contributed by atoms with Crippen LogP contribution < -0.4 is 5.32 Å². The summed E-state index contributed by atoms with van der Waals surface area (Å²) < 4.78 is 63.5. The number of carboxylic acids is 2. The summed E-state index contributed by atoms with van der Waals surface area (Å²) in [4.78, 5) is 33.0. The molecule has 3 N–H and O–H groups in total. The molecule has 232 valence electrons. The first-order chi connectivity index (χ1) is 19.7. The van der Waals surface area contributed by atoms with Gasteiger partial charge in [0.2, 0.25) is 0 Å². The molecule has 0 spiro atoms. The van der Waals surface area contributed by atoms with E-state index in [-0.39, 0.29) is 0 Å². The standard InChI is InChI=1S/C25H32N2O.2C2HF3O2/c28-25(24-9-8-21-10-14-26-15-11-23(21)19-24)7-4-16-27-17-12-22(13-18-27)20-5-2-1-3-6-20;2*3-2(4,5)1(6)7/h1-3,5-6,8-9,19,22,26H,4,7,10-18H2;2*(H,6,7). The molecule has 2 aromatic rings. The van der Waals surface area contributed by atoms with Crippen molar-refractivity contribution in [2.45, 2.75) is 56.8 Å². The van der Waals surface area contributed by atoms with Crippen LogP contribution in [0.4, 0.5) is 26.3 Å². The number of fused-ring (bicyclic) bond motifs is 1. The fourth-order valence-corrected chi connectivity index (χ4v) is 4.67. The van der Waals surface area contributed by atoms with Crippen molar-refractivity contribution in [2.75, 3.05) is 32.7 Å². The molecule has 4 rings (SSSR count). The first-order valence-electron chi connectivity index (χ1n) is 13.4. The number of nitrogens with one attached hydrogen (secondary N) is 1. The summed E-state index contributed by atoms with van der Waals surface area (Å²) in [5.74, 6) is -4.51. The highest BCUT2D eigenvalue weighted by Gasteiger charge is 2.38. The number of rotatable bonds is 6. The Labute approximate surface area is 239 Å². The van der Waals surface area contributed by atoms with Crippen LogP contribution in [-0.2, 0) is 22.4 Å². The van der Waals surface area contributed by atoms with Gasteiger partial charge in [-0.25, -0.2) is 9.59 Å². The molecule has 1 fully saturated rings. The number of carbonyl (C=O) groups is 3. The number of halogens is 6. The van der Waals surface area contributed by atoms with Gasteiger partial charge >= 0.3 is 24.3 Å². The Kier molecular flexibility index (Phi) is 13.4. The fourth-order valence-electron chi connectivity index (χ4n) is 4.67. The molecule has 2 aliphatic heterocycles. The highest BCUT2D eigenvalue weighted by atomic mass is 19.4. The lowest BCUT2D eigenvalue weighted by Gasteiger charge is -2.32. The molecule has 2 aliphatic rings. The Morgan fingerprint density at radius 2 is 1.33 bits per heavy atom. The molecular weight excluding hydrogens is 570 g/mol. The van der Waals surface area contributed by atoms with Gasteiger partial charge in [0.1, 0.15) is 0 Å². The monoisotopic (exact) mass is 604 g/mol. The van der Waals surface area contributed by atoms with E-state index < -0.39 is 24.3 Å². The molecule has 0 radical (unpaired) electrons. The summed E-state index contributed by atoms with van der Waals surface area (Å²) in [6.07, 6.45) is -3.97. The smallest absolute Gasteiger partial charge is 0.475 e. The number of alkyl halides is 6. The molecule has 0 unspecified atom stereocenters. The lowest BCUT2D eigenvalue weighted by molar-refractivity contribution is -0.193. The third kappa shape index (κ3) is 12.2. The summed E-state index contributed by atoms with van der Waals surface area (Å²) >= 11 is 0. The van der Waals surface area contributed by atoms with Crippen LogP contribution in [0.2, 0.25) is 0 Å². The van der Waals surface area contributed by atoms with Gasteiger partial charge in [0.25, 0.3) is 0 Å². The minimum atomic E-state index is -5.08. The van der Waals surface area contributed by atoms with Gasteiger partial charge < -0.3 is 20.4 Å². The minimum absolute atomic E-state index is 0.305. The molecule has 0 saturated carbocycles. The van der Waals surface area contributed by atoms with Gasteiger partial charge in [0.05, 0.1) is 0 Å². The van der Waals surface area contributed by atoms with Crippen LogP contribution in [-0.4, -0.2) is 77.9 Å². The van der Waals surface area contributed by atoms with E-state index in [9.17, 15) is 31.1 Å². The summed E-state index contributed by atoms with van der Waals surface area (Å²) in [6.45, 7) is 5.41. The van der Waals surface area contributed by atoms with E-state index in [0.29, 0.717) is 18.1 Å². The Morgan fingerprint density at radius 1 is 0.810 bits per heavy atom. The van der Waals surface area contributed by atoms with Crippen molar-refractivity contribution in [1.82, 2.24) is 10.2 Å². The molecular formula is C29H34F6N2O5. The van der Waals surface area contributed by atoms with E-state index >= 15 is 0 Å². The first-order valence-corrected chi connectivity index (χ1v) is 13.4. The zero-order valence-corrected chi connectivity index (χ0v) is 22.8. The van der Waals surface area contributed by atoms with E-state index in [0.717, 1.165) is 57.5 Å². The van der Waals surface area contributed by atoms with Crippen molar-refractivity contribution in [2.24, 2.45) is 0 Å². The molecule has 0 amide bonds. The number of hydrogen-bond donors (Lipinski definition) is 3. The van der Waals surface area contributed by atoms with Gasteiger partial charge in [-0.15, -0.1) is 0 Å². The van der Waals surface area contributed by atoms with Crippen LogP contribution in [0.3, 0.4) is 0 Å². The van der Waals surface area contributed by atoms with E-state index in [1.165, 1.54) is 29.5 Å². The van der Waals surface area contributed by atoms with Crippen molar-refractivity contribution in [3.8, 4) is 0 Å². The van der Waals surface area contributed by atoms with Crippen LogP contribution in [0.5, 0.6) is 0 Å². The van der Waals surface area contributed by atoms with Gasteiger partial charge in [0, 0.05) is 12.0 Å². The lowest BCUT2D eigenvalue weighted by Crippen LogP contribution is -2.33. The number of nitrogens with zero attached hydrogens (tertiary/aromatic N) is 1. The maximum absolute atomic E-state index is 12.7. The molecule has 7 nitrogen and oxygen atoms in total. The predicted molar refractivity (Wildman–Crippen MR) is 143 cm³/mol. The summed E-state index contributed by atoms with van der Waals surface area (Å²) in [5, 5.41) is 17.7. The maximum atomic E-state index is 12.7. The predicted octanol–water partition coefficient (Wildman–Crippen LogP) is 5.48. The van der Waals surface area contributed by atoms with E-state index in [1.807, 2.05) is 6.07 Å². The van der Waals surface area contributed by atoms with Crippen LogP contribution >= 0.6 is 0 Å². The van der Waals surface area contributed by atoms with Crippen LogP contribution in [0.25, 0.3) is 0 Å². The fraction of sp³-hybridized carbons (Fsp3) is 0.483. The van der Waals surface area contributed by atoms with Crippen molar-refractivity contribution in [3.63, 3.8) is 0 Å². The van der Waals surface area contributed by atoms with Crippen LogP contribution in [0.1, 0.15) is 58.6 Å². The summed E-state index contributed by atoms with van der Waals surface area (Å²) in [5.41, 5.74) is 5.15. The molecule has 2 aromatic carbocycles. The molecule has 1 saturated heterocycles. The number of benzene rings is 2. The van der Waals surface area contributed by atoms with Gasteiger partial charge in [-0.1, -0.05) is 42.5 Å². The molecule has 13 heteroatoms. The quantitative estimate of drug-likeness (QED) is 0.296. The second-order valence-corrected chi connectivity index (χ2v) is 9.89. The van der Waals surface area contributed by atoms with Gasteiger partial charge in [-0.05, 0) is 93.5 Å². The first kappa shape index (κ1) is 34.7. The van der Waals surface area contributed by atoms with E-state index in [4.69, 9.17) is 19.8 Å². The van der Waals surface area contributed by atoms with E-state index in [1.54, 1.807) is 0 Å². The Bertz CT molecular complexity index is 1140. The van der Waals surface area contributed by atoms with Gasteiger partial charge in [-0.3, -0.25) is 4.79 Å². The summed E-state index contributed by atoms with van der Waals surface area (Å²) in [7, 11) is 0. The largest absolute Gasteiger partial charge is 0.490 e. The number of piperidine rings is 1. The zero-order valence-electron chi connectivity index (χ0n) is 22.8. The third-order valence-corrected chi connectivity index (χ3v) is 6.89. The average Bonchev–Trinajstić information content (AvgIpc) is 3.18. The number of aliphatic carboxylic acids is 2. The third-order valence-electron chi connectivity index (χ3n) is 6.89. The highest BCUT2D eigenvalue weighted by molar-refractivity contribution is 5.96. The normalized spacial score (nSPS) is 16.0. The number of carbonyl (C=O) groups excluding carboxylic acids is 1. The SMILES string of the molecule is O=C(CCCN1CCC(c2ccccc2)CC1)c1ccc2c(c1)CCNCC2.O=C(O)C(F)(F)F.O=C(O)C(F)(F)F. The van der Waals surface area contributed by atoms with Crippen molar-refractivity contribution < 1.29 is 50.9 Å². The number of ketones is 1. The van der Waals surface area contributed by atoms with Crippen LogP contribution in [0, 0.1) is 0 Å². The topological polar surface area (TPSA) is 107 Å². The van der Waals surface area contributed by atoms with E-state index in [2.05, 4.69) is 52.7 Å². The lowest BCUT2D eigenvalue weighted by atomic mass is 9.89. The Morgan fingerprint density at radius 3 is 1.86 bits per heavy atom. The van der Waals surface area contributed by atoms with Gasteiger partial charge in [-0.2, -0.15) is 26.3 Å². The summed E-state index contributed by atoms with van der Waals surface area (Å²) in [6, 6.07) is 17.3. The molecule has 42 heavy (non-hydrogen) atoms.